The van der Waals surface area contributed by atoms with Crippen LogP contribution in [0.25, 0.3) is 0 Å². The Hall–Kier alpha value is -0.370. The molecule has 1 fully saturated rings. The number of hydrogen-bond donors (Lipinski definition) is 0. The number of hydrogen-bond acceptors (Lipinski definition) is 2. The third-order valence-corrected chi connectivity index (χ3v) is 1.84. The van der Waals surface area contributed by atoms with Crippen molar-refractivity contribution in [2.24, 2.45) is 5.92 Å². The molecule has 0 amide bonds. The van der Waals surface area contributed by atoms with Gasteiger partial charge in [0.1, 0.15) is 6.29 Å². The lowest BCUT2D eigenvalue weighted by molar-refractivity contribution is -0.112. The van der Waals surface area contributed by atoms with Gasteiger partial charge in [0.15, 0.2) is 0 Å². The van der Waals surface area contributed by atoms with E-state index in [1.165, 1.54) is 0 Å². The van der Waals surface area contributed by atoms with Crippen molar-refractivity contribution in [2.45, 2.75) is 25.9 Å². The van der Waals surface area contributed by atoms with Crippen LogP contribution in [0.1, 0.15) is 19.8 Å². The van der Waals surface area contributed by atoms with Gasteiger partial charge in [0.2, 0.25) is 0 Å². The smallest absolute Gasteiger partial charge is 0.125 e. The molecule has 2 heteroatoms. The van der Waals surface area contributed by atoms with Crippen LogP contribution in [-0.2, 0) is 9.53 Å². The Labute approximate surface area is 55.2 Å². The van der Waals surface area contributed by atoms with Gasteiger partial charge < -0.3 is 9.53 Å². The molecule has 0 aromatic rings. The largest absolute Gasteiger partial charge is 0.377 e. The quantitative estimate of drug-likeness (QED) is 0.518. The summed E-state index contributed by atoms with van der Waals surface area (Å²) in [5.74, 6) is 0.176. The summed E-state index contributed by atoms with van der Waals surface area (Å²) in [5.41, 5.74) is 0. The highest BCUT2D eigenvalue weighted by Gasteiger charge is 2.25. The first kappa shape index (κ1) is 6.75. The first-order valence-electron chi connectivity index (χ1n) is 3.45. The van der Waals surface area contributed by atoms with E-state index in [9.17, 15) is 4.79 Å². The summed E-state index contributed by atoms with van der Waals surface area (Å²) in [6.07, 6.45) is 3.11. The minimum absolute atomic E-state index is 0.176. The van der Waals surface area contributed by atoms with Crippen molar-refractivity contribution >= 4 is 6.29 Å². The Balaban J connectivity index is 2.41. The first-order valence-corrected chi connectivity index (χ1v) is 3.45. The van der Waals surface area contributed by atoms with Crippen LogP contribution in [-0.4, -0.2) is 19.0 Å². The molecule has 0 aliphatic carbocycles. The van der Waals surface area contributed by atoms with Crippen LogP contribution in [0.15, 0.2) is 0 Å². The lowest BCUT2D eigenvalue weighted by Crippen LogP contribution is -2.15. The first-order chi connectivity index (χ1) is 4.38. The number of carbonyl (C=O) groups is 1. The van der Waals surface area contributed by atoms with E-state index < -0.39 is 0 Å². The van der Waals surface area contributed by atoms with Crippen molar-refractivity contribution in [2.75, 3.05) is 6.61 Å². The Bertz CT molecular complexity index is 101. The van der Waals surface area contributed by atoms with E-state index in [1.54, 1.807) is 0 Å². The summed E-state index contributed by atoms with van der Waals surface area (Å²) >= 11 is 0. The van der Waals surface area contributed by atoms with E-state index in [-0.39, 0.29) is 12.0 Å². The standard InChI is InChI=1S/C7H12O2/c1-2-7-6(5-8)3-4-9-7/h5-7H,2-4H2,1H3/t6-,7+/m1/s1. The molecule has 2 nitrogen and oxygen atoms in total. The highest BCUT2D eigenvalue weighted by Crippen LogP contribution is 2.20. The molecule has 1 aliphatic heterocycles. The molecule has 0 saturated carbocycles. The van der Waals surface area contributed by atoms with Crippen molar-refractivity contribution < 1.29 is 9.53 Å². The highest BCUT2D eigenvalue weighted by atomic mass is 16.5. The molecule has 9 heavy (non-hydrogen) atoms. The highest BCUT2D eigenvalue weighted by molar-refractivity contribution is 5.54. The molecule has 2 atom stereocenters. The Kier molecular flexibility index (Phi) is 2.22. The second-order valence-electron chi connectivity index (χ2n) is 2.41. The van der Waals surface area contributed by atoms with Crippen molar-refractivity contribution in [3.8, 4) is 0 Å². The normalized spacial score (nSPS) is 34.8. The molecule has 0 aromatic heterocycles. The predicted molar refractivity (Wildman–Crippen MR) is 34.2 cm³/mol. The van der Waals surface area contributed by atoms with Crippen LogP contribution in [0.5, 0.6) is 0 Å². The monoisotopic (exact) mass is 128 g/mol. The molecular weight excluding hydrogens is 116 g/mol. The van der Waals surface area contributed by atoms with Gasteiger partial charge in [-0.2, -0.15) is 0 Å². The SMILES string of the molecule is CC[C@@H]1OCC[C@@H]1C=O. The molecule has 1 saturated heterocycles. The van der Waals surface area contributed by atoms with Crippen LogP contribution >= 0.6 is 0 Å². The second-order valence-corrected chi connectivity index (χ2v) is 2.41. The molecule has 0 N–H and O–H groups in total. The third-order valence-electron chi connectivity index (χ3n) is 1.84. The van der Waals surface area contributed by atoms with Crippen LogP contribution in [0.3, 0.4) is 0 Å². The zero-order valence-corrected chi connectivity index (χ0v) is 5.67. The minimum atomic E-state index is 0.176. The zero-order valence-electron chi connectivity index (χ0n) is 5.67. The van der Waals surface area contributed by atoms with Crippen molar-refractivity contribution in [3.63, 3.8) is 0 Å². The summed E-state index contributed by atoms with van der Waals surface area (Å²) in [6.45, 7) is 2.81. The molecule has 1 heterocycles. The zero-order chi connectivity index (χ0) is 6.69. The number of carbonyl (C=O) groups excluding carboxylic acids is 1. The van der Waals surface area contributed by atoms with Crippen molar-refractivity contribution in [3.05, 3.63) is 0 Å². The Morgan fingerprint density at radius 2 is 2.56 bits per heavy atom. The lowest BCUT2D eigenvalue weighted by atomic mass is 10.0. The fourth-order valence-electron chi connectivity index (χ4n) is 1.24. The van der Waals surface area contributed by atoms with E-state index in [0.717, 1.165) is 25.7 Å². The molecule has 1 rings (SSSR count). The number of aldehydes is 1. The fourth-order valence-corrected chi connectivity index (χ4v) is 1.24. The Morgan fingerprint density at radius 3 is 3.00 bits per heavy atom. The van der Waals surface area contributed by atoms with E-state index in [0.29, 0.717) is 0 Å². The maximum atomic E-state index is 10.3. The summed E-state index contributed by atoms with van der Waals surface area (Å²) in [7, 11) is 0. The fraction of sp³-hybridized carbons (Fsp3) is 0.857. The lowest BCUT2D eigenvalue weighted by Gasteiger charge is -2.08. The Morgan fingerprint density at radius 1 is 1.78 bits per heavy atom. The average molecular weight is 128 g/mol. The summed E-state index contributed by atoms with van der Waals surface area (Å²) < 4.78 is 5.27. The summed E-state index contributed by atoms with van der Waals surface area (Å²) in [5, 5.41) is 0. The molecular formula is C7H12O2. The van der Waals surface area contributed by atoms with Gasteiger partial charge in [-0.15, -0.1) is 0 Å². The van der Waals surface area contributed by atoms with Crippen LogP contribution < -0.4 is 0 Å². The minimum Gasteiger partial charge on any atom is -0.377 e. The topological polar surface area (TPSA) is 26.3 Å². The summed E-state index contributed by atoms with van der Waals surface area (Å²) in [6, 6.07) is 0. The molecule has 0 radical (unpaired) electrons. The van der Waals surface area contributed by atoms with E-state index >= 15 is 0 Å². The second kappa shape index (κ2) is 2.97. The molecule has 1 aliphatic rings. The van der Waals surface area contributed by atoms with Gasteiger partial charge in [-0.1, -0.05) is 6.92 Å². The van der Waals surface area contributed by atoms with Crippen LogP contribution in [0, 0.1) is 5.92 Å². The number of rotatable bonds is 2. The molecule has 0 spiro atoms. The maximum Gasteiger partial charge on any atom is 0.125 e. The van der Waals surface area contributed by atoms with Gasteiger partial charge in [0.25, 0.3) is 0 Å². The molecule has 0 bridgehead atoms. The van der Waals surface area contributed by atoms with Crippen molar-refractivity contribution in [1.29, 1.82) is 0 Å². The van der Waals surface area contributed by atoms with Gasteiger partial charge in [-0.25, -0.2) is 0 Å². The van der Waals surface area contributed by atoms with Crippen molar-refractivity contribution in [1.82, 2.24) is 0 Å². The molecule has 0 aromatic carbocycles. The van der Waals surface area contributed by atoms with Gasteiger partial charge >= 0.3 is 0 Å². The van der Waals surface area contributed by atoms with Gasteiger partial charge in [0, 0.05) is 12.5 Å². The van der Waals surface area contributed by atoms with E-state index in [1.807, 2.05) is 6.92 Å². The van der Waals surface area contributed by atoms with E-state index in [2.05, 4.69) is 0 Å². The predicted octanol–water partition coefficient (Wildman–Crippen LogP) is 1.00. The maximum absolute atomic E-state index is 10.3. The van der Waals surface area contributed by atoms with Gasteiger partial charge in [-0.05, 0) is 12.8 Å². The van der Waals surface area contributed by atoms with Gasteiger partial charge in [-0.3, -0.25) is 0 Å². The van der Waals surface area contributed by atoms with E-state index in [4.69, 9.17) is 4.74 Å². The van der Waals surface area contributed by atoms with Crippen LogP contribution in [0.2, 0.25) is 0 Å². The van der Waals surface area contributed by atoms with Gasteiger partial charge in [0.05, 0.1) is 6.10 Å². The summed E-state index contributed by atoms with van der Waals surface area (Å²) in [4.78, 5) is 10.3. The molecule has 0 unspecified atom stereocenters. The third kappa shape index (κ3) is 1.30. The average Bonchev–Trinajstić information content (AvgIpc) is 2.33. The van der Waals surface area contributed by atoms with Crippen LogP contribution in [0.4, 0.5) is 0 Å². The number of ether oxygens (including phenoxy) is 1. The molecule has 52 valence electrons.